The Hall–Kier alpha value is 0.314. The first-order chi connectivity index (χ1) is 9.71. The Bertz CT molecular complexity index is 292. The molecule has 5 heteroatoms. The number of nitrogens with zero attached hydrogens (tertiary/aromatic N) is 2. The van der Waals surface area contributed by atoms with Crippen LogP contribution in [0.3, 0.4) is 0 Å². The van der Waals surface area contributed by atoms with Crippen LogP contribution in [0.5, 0.6) is 0 Å². The van der Waals surface area contributed by atoms with E-state index in [2.05, 4.69) is 57.5 Å². The van der Waals surface area contributed by atoms with Gasteiger partial charge in [-0.2, -0.15) is 0 Å². The Morgan fingerprint density at radius 2 is 1.90 bits per heavy atom. The Morgan fingerprint density at radius 1 is 1.24 bits per heavy atom. The van der Waals surface area contributed by atoms with Crippen LogP contribution >= 0.6 is 0 Å². The fraction of sp³-hybridized carbons (Fsp3) is 1.00. The summed E-state index contributed by atoms with van der Waals surface area (Å²) in [4.78, 5) is 5.49. The first kappa shape index (κ1) is 19.4. The fourth-order valence-electron chi connectivity index (χ4n) is 3.10. The van der Waals surface area contributed by atoms with Gasteiger partial charge in [-0.3, -0.25) is 4.90 Å². The Kier molecular flexibility index (Phi) is 8.13. The SMILES string of the molecule is CC(C)O[SiH2]CCCN1CCN(C(C)(C)C)CC1[SiH](C)C. The van der Waals surface area contributed by atoms with Crippen molar-refractivity contribution in [2.24, 2.45) is 0 Å². The van der Waals surface area contributed by atoms with Gasteiger partial charge in [-0.1, -0.05) is 13.1 Å². The standard InChI is InChI=1S/C16H38N2OSi2/c1-14(2)19-20-12-8-9-17-10-11-18(16(3,4)5)13-15(17)21(6)7/h14-15,21H,8-13,20H2,1-7H3. The van der Waals surface area contributed by atoms with Crippen molar-refractivity contribution in [2.75, 3.05) is 26.2 Å². The molecule has 0 amide bonds. The van der Waals surface area contributed by atoms with Crippen LogP contribution in [-0.4, -0.2) is 71.8 Å². The smallest absolute Gasteiger partial charge is 0.161 e. The lowest BCUT2D eigenvalue weighted by molar-refractivity contribution is 0.0465. The quantitative estimate of drug-likeness (QED) is 0.525. The van der Waals surface area contributed by atoms with Crippen LogP contribution in [0, 0.1) is 0 Å². The maximum atomic E-state index is 5.79. The summed E-state index contributed by atoms with van der Waals surface area (Å²) in [5.74, 6) is 0. The van der Waals surface area contributed by atoms with Gasteiger partial charge in [-0.15, -0.1) is 0 Å². The van der Waals surface area contributed by atoms with E-state index in [1.54, 1.807) is 0 Å². The molecule has 1 saturated heterocycles. The average Bonchev–Trinajstić information content (AvgIpc) is 2.36. The third-order valence-corrected chi connectivity index (χ3v) is 8.41. The van der Waals surface area contributed by atoms with Gasteiger partial charge in [0.05, 0.1) is 8.80 Å². The summed E-state index contributed by atoms with van der Waals surface area (Å²) < 4.78 is 5.79. The Balaban J connectivity index is 2.40. The molecule has 1 heterocycles. The van der Waals surface area contributed by atoms with Crippen LogP contribution in [0.2, 0.25) is 19.1 Å². The molecule has 0 radical (unpaired) electrons. The van der Waals surface area contributed by atoms with Crippen molar-refractivity contribution >= 4 is 18.6 Å². The number of hydrogen-bond acceptors (Lipinski definition) is 3. The van der Waals surface area contributed by atoms with Crippen molar-refractivity contribution in [3.05, 3.63) is 0 Å². The molecule has 1 rings (SSSR count). The highest BCUT2D eigenvalue weighted by molar-refractivity contribution is 6.57. The largest absolute Gasteiger partial charge is 0.422 e. The minimum absolute atomic E-state index is 0.278. The molecule has 126 valence electrons. The lowest BCUT2D eigenvalue weighted by atomic mass is 10.0. The maximum absolute atomic E-state index is 5.79. The molecular weight excluding hydrogens is 292 g/mol. The van der Waals surface area contributed by atoms with Crippen LogP contribution in [0.1, 0.15) is 41.0 Å². The molecule has 0 saturated carbocycles. The average molecular weight is 331 g/mol. The molecule has 0 aliphatic carbocycles. The highest BCUT2D eigenvalue weighted by Gasteiger charge is 2.33. The van der Waals surface area contributed by atoms with E-state index in [1.165, 1.54) is 38.6 Å². The molecule has 21 heavy (non-hydrogen) atoms. The van der Waals surface area contributed by atoms with Crippen molar-refractivity contribution in [1.29, 1.82) is 0 Å². The van der Waals surface area contributed by atoms with Crippen molar-refractivity contribution in [2.45, 2.75) is 77.5 Å². The van der Waals surface area contributed by atoms with E-state index in [0.717, 1.165) is 5.67 Å². The van der Waals surface area contributed by atoms with Gasteiger partial charge in [0.2, 0.25) is 0 Å². The van der Waals surface area contributed by atoms with Crippen LogP contribution < -0.4 is 0 Å². The van der Waals surface area contributed by atoms with Gasteiger partial charge in [-0.05, 0) is 53.6 Å². The molecule has 1 unspecified atom stereocenters. The van der Waals surface area contributed by atoms with E-state index < -0.39 is 8.80 Å². The molecule has 0 spiro atoms. The van der Waals surface area contributed by atoms with Gasteiger partial charge in [0.15, 0.2) is 9.76 Å². The van der Waals surface area contributed by atoms with Crippen molar-refractivity contribution in [1.82, 2.24) is 9.80 Å². The van der Waals surface area contributed by atoms with E-state index in [0.29, 0.717) is 11.6 Å². The van der Waals surface area contributed by atoms with Crippen LogP contribution in [0.4, 0.5) is 0 Å². The molecular formula is C16H38N2OSi2. The topological polar surface area (TPSA) is 15.7 Å². The van der Waals surface area contributed by atoms with Crippen molar-refractivity contribution < 1.29 is 4.43 Å². The van der Waals surface area contributed by atoms with Crippen LogP contribution in [0.25, 0.3) is 0 Å². The van der Waals surface area contributed by atoms with Crippen LogP contribution in [0.15, 0.2) is 0 Å². The van der Waals surface area contributed by atoms with Gasteiger partial charge < -0.3 is 9.33 Å². The molecule has 3 nitrogen and oxygen atoms in total. The van der Waals surface area contributed by atoms with E-state index >= 15 is 0 Å². The number of piperazine rings is 1. The summed E-state index contributed by atoms with van der Waals surface area (Å²) >= 11 is 0. The third kappa shape index (κ3) is 6.95. The van der Waals surface area contributed by atoms with E-state index in [1.807, 2.05) is 0 Å². The normalized spacial score (nSPS) is 23.0. The van der Waals surface area contributed by atoms with Gasteiger partial charge >= 0.3 is 0 Å². The molecule has 1 aliphatic heterocycles. The second-order valence-corrected chi connectivity index (χ2v) is 12.8. The Labute approximate surface area is 137 Å². The minimum atomic E-state index is -0.631. The lowest BCUT2D eigenvalue weighted by Crippen LogP contribution is -2.61. The van der Waals surface area contributed by atoms with Gasteiger partial charge in [-0.25, -0.2) is 0 Å². The van der Waals surface area contributed by atoms with E-state index in [4.69, 9.17) is 4.43 Å². The zero-order valence-corrected chi connectivity index (χ0v) is 18.1. The third-order valence-electron chi connectivity index (χ3n) is 4.54. The Morgan fingerprint density at radius 3 is 2.43 bits per heavy atom. The van der Waals surface area contributed by atoms with E-state index in [9.17, 15) is 0 Å². The summed E-state index contributed by atoms with van der Waals surface area (Å²) in [5.41, 5.74) is 1.18. The monoisotopic (exact) mass is 330 g/mol. The predicted molar refractivity (Wildman–Crippen MR) is 99.8 cm³/mol. The first-order valence-electron chi connectivity index (χ1n) is 8.82. The first-order valence-corrected chi connectivity index (χ1v) is 13.4. The molecule has 0 aromatic heterocycles. The van der Waals surface area contributed by atoms with Crippen molar-refractivity contribution in [3.8, 4) is 0 Å². The lowest BCUT2D eigenvalue weighted by Gasteiger charge is -2.48. The van der Waals surface area contributed by atoms with Gasteiger partial charge in [0.1, 0.15) is 0 Å². The van der Waals surface area contributed by atoms with Gasteiger partial charge in [0.25, 0.3) is 0 Å². The summed E-state index contributed by atoms with van der Waals surface area (Å²) in [6, 6.07) is 1.34. The molecule has 0 bridgehead atoms. The number of rotatable bonds is 7. The highest BCUT2D eigenvalue weighted by Crippen LogP contribution is 2.21. The maximum Gasteiger partial charge on any atom is 0.161 e. The number of hydrogen-bond donors (Lipinski definition) is 0. The molecule has 0 aromatic carbocycles. The van der Waals surface area contributed by atoms with Crippen molar-refractivity contribution in [3.63, 3.8) is 0 Å². The van der Waals surface area contributed by atoms with Crippen LogP contribution in [-0.2, 0) is 4.43 Å². The summed E-state index contributed by atoms with van der Waals surface area (Å²) in [7, 11) is -0.908. The molecule has 1 atom stereocenters. The molecule has 0 aromatic rings. The summed E-state index contributed by atoms with van der Waals surface area (Å²) in [6.07, 6.45) is 1.77. The minimum Gasteiger partial charge on any atom is -0.422 e. The highest BCUT2D eigenvalue weighted by atomic mass is 28.3. The van der Waals surface area contributed by atoms with Gasteiger partial charge in [0, 0.05) is 36.9 Å². The summed E-state index contributed by atoms with van der Waals surface area (Å²) in [6.45, 7) is 21.5. The zero-order chi connectivity index (χ0) is 16.0. The second kappa shape index (κ2) is 8.82. The summed E-state index contributed by atoms with van der Waals surface area (Å²) in [5, 5.41) is 0. The second-order valence-electron chi connectivity index (χ2n) is 8.09. The zero-order valence-electron chi connectivity index (χ0n) is 15.5. The molecule has 1 aliphatic rings. The molecule has 0 N–H and O–H groups in total. The molecule has 1 fully saturated rings. The fourth-order valence-corrected chi connectivity index (χ4v) is 5.99. The van der Waals surface area contributed by atoms with E-state index in [-0.39, 0.29) is 9.76 Å². The predicted octanol–water partition coefficient (Wildman–Crippen LogP) is 2.11.